The Hall–Kier alpha value is -1.15. The number of Topliss-reactive ketones (excluding diaryl/α,β-unsaturated/α-hetero) is 1. The van der Waals surface area contributed by atoms with Crippen LogP contribution in [0.25, 0.3) is 0 Å². The van der Waals surface area contributed by atoms with Crippen LogP contribution in [0.4, 0.5) is 0 Å². The molecule has 1 aromatic rings. The third kappa shape index (κ3) is 2.64. The first kappa shape index (κ1) is 13.3. The standard InChI is InChI=1S/C16H23NO/c1-3-8-16(9-11-17-12-10-16)15(18)14-6-4-13(2)5-7-14/h4-7,17H,3,8-12H2,1-2H3. The fourth-order valence-corrected chi connectivity index (χ4v) is 2.99. The van der Waals surface area contributed by atoms with Gasteiger partial charge in [-0.15, -0.1) is 0 Å². The van der Waals surface area contributed by atoms with E-state index in [0.717, 1.165) is 44.3 Å². The molecule has 2 rings (SSSR count). The highest BCUT2D eigenvalue weighted by Crippen LogP contribution is 2.37. The highest BCUT2D eigenvalue weighted by Gasteiger charge is 2.38. The summed E-state index contributed by atoms with van der Waals surface area (Å²) in [7, 11) is 0. The van der Waals surface area contributed by atoms with Gasteiger partial charge < -0.3 is 5.32 Å². The summed E-state index contributed by atoms with van der Waals surface area (Å²) in [5.74, 6) is 0.353. The Morgan fingerprint density at radius 3 is 2.39 bits per heavy atom. The van der Waals surface area contributed by atoms with Crippen LogP contribution in [0.5, 0.6) is 0 Å². The molecule has 0 atom stereocenters. The summed E-state index contributed by atoms with van der Waals surface area (Å²) in [6.07, 6.45) is 4.06. The molecule has 0 unspecified atom stereocenters. The summed E-state index contributed by atoms with van der Waals surface area (Å²) in [5, 5.41) is 3.36. The summed E-state index contributed by atoms with van der Waals surface area (Å²) in [6, 6.07) is 8.04. The smallest absolute Gasteiger partial charge is 0.169 e. The topological polar surface area (TPSA) is 29.1 Å². The summed E-state index contributed by atoms with van der Waals surface area (Å²) in [5.41, 5.74) is 1.98. The first-order chi connectivity index (χ1) is 8.68. The fraction of sp³-hybridized carbons (Fsp3) is 0.562. The molecule has 0 bridgehead atoms. The lowest BCUT2D eigenvalue weighted by Crippen LogP contribution is -2.42. The average molecular weight is 245 g/mol. The lowest BCUT2D eigenvalue weighted by molar-refractivity contribution is 0.0704. The molecular formula is C16H23NO. The Bertz CT molecular complexity index is 396. The third-order valence-corrected chi connectivity index (χ3v) is 4.08. The van der Waals surface area contributed by atoms with E-state index in [9.17, 15) is 4.79 Å². The van der Waals surface area contributed by atoms with Crippen molar-refractivity contribution in [1.29, 1.82) is 0 Å². The van der Waals surface area contributed by atoms with Gasteiger partial charge in [0.25, 0.3) is 0 Å². The van der Waals surface area contributed by atoms with E-state index >= 15 is 0 Å². The SMILES string of the molecule is CCCC1(C(=O)c2ccc(C)cc2)CCNCC1. The van der Waals surface area contributed by atoms with Gasteiger partial charge in [0.2, 0.25) is 0 Å². The predicted molar refractivity (Wildman–Crippen MR) is 75.0 cm³/mol. The molecule has 0 saturated carbocycles. The monoisotopic (exact) mass is 245 g/mol. The molecule has 18 heavy (non-hydrogen) atoms. The van der Waals surface area contributed by atoms with Crippen molar-refractivity contribution in [3.63, 3.8) is 0 Å². The van der Waals surface area contributed by atoms with Gasteiger partial charge in [0, 0.05) is 11.0 Å². The Morgan fingerprint density at radius 2 is 1.83 bits per heavy atom. The first-order valence-electron chi connectivity index (χ1n) is 7.00. The Labute approximate surface area is 110 Å². The second kappa shape index (κ2) is 5.66. The van der Waals surface area contributed by atoms with Crippen LogP contribution in [-0.2, 0) is 0 Å². The van der Waals surface area contributed by atoms with Gasteiger partial charge >= 0.3 is 0 Å². The van der Waals surface area contributed by atoms with E-state index < -0.39 is 0 Å². The molecule has 1 heterocycles. The zero-order chi connectivity index (χ0) is 13.0. The molecule has 1 fully saturated rings. The van der Waals surface area contributed by atoms with Gasteiger partial charge in [-0.3, -0.25) is 4.79 Å². The van der Waals surface area contributed by atoms with E-state index in [4.69, 9.17) is 0 Å². The summed E-state index contributed by atoms with van der Waals surface area (Å²) >= 11 is 0. The lowest BCUT2D eigenvalue weighted by atomic mass is 9.70. The van der Waals surface area contributed by atoms with Crippen LogP contribution < -0.4 is 5.32 Å². The number of piperidine rings is 1. The quantitative estimate of drug-likeness (QED) is 0.824. The molecule has 2 heteroatoms. The molecule has 1 aliphatic heterocycles. The maximum Gasteiger partial charge on any atom is 0.169 e. The molecule has 1 aliphatic rings. The van der Waals surface area contributed by atoms with Gasteiger partial charge in [-0.1, -0.05) is 43.2 Å². The minimum Gasteiger partial charge on any atom is -0.317 e. The minimum atomic E-state index is -0.116. The zero-order valence-corrected chi connectivity index (χ0v) is 11.5. The van der Waals surface area contributed by atoms with Crippen LogP contribution in [0.3, 0.4) is 0 Å². The maximum atomic E-state index is 12.8. The van der Waals surface area contributed by atoms with Crippen molar-refractivity contribution < 1.29 is 4.79 Å². The van der Waals surface area contributed by atoms with Gasteiger partial charge in [-0.2, -0.15) is 0 Å². The summed E-state index contributed by atoms with van der Waals surface area (Å²) in [4.78, 5) is 12.8. The second-order valence-electron chi connectivity index (χ2n) is 5.48. The van der Waals surface area contributed by atoms with Gasteiger partial charge in [0.15, 0.2) is 5.78 Å². The van der Waals surface area contributed by atoms with Crippen molar-refractivity contribution in [2.24, 2.45) is 5.41 Å². The van der Waals surface area contributed by atoms with Crippen LogP contribution in [-0.4, -0.2) is 18.9 Å². The molecule has 0 amide bonds. The van der Waals surface area contributed by atoms with Crippen molar-refractivity contribution in [3.05, 3.63) is 35.4 Å². The Kier molecular flexibility index (Phi) is 4.18. The van der Waals surface area contributed by atoms with E-state index in [1.165, 1.54) is 5.56 Å². The van der Waals surface area contributed by atoms with Crippen LogP contribution in [0.15, 0.2) is 24.3 Å². The normalized spacial score (nSPS) is 18.6. The van der Waals surface area contributed by atoms with E-state index in [2.05, 4.69) is 19.2 Å². The number of hydrogen-bond acceptors (Lipinski definition) is 2. The fourth-order valence-electron chi connectivity index (χ4n) is 2.99. The van der Waals surface area contributed by atoms with E-state index in [0.29, 0.717) is 5.78 Å². The van der Waals surface area contributed by atoms with Gasteiger partial charge in [-0.05, 0) is 39.3 Å². The van der Waals surface area contributed by atoms with Crippen molar-refractivity contribution in [2.45, 2.75) is 39.5 Å². The molecule has 0 aliphatic carbocycles. The Morgan fingerprint density at radius 1 is 1.22 bits per heavy atom. The zero-order valence-electron chi connectivity index (χ0n) is 11.5. The molecule has 1 saturated heterocycles. The number of rotatable bonds is 4. The first-order valence-corrected chi connectivity index (χ1v) is 7.00. The lowest BCUT2D eigenvalue weighted by Gasteiger charge is -2.36. The minimum absolute atomic E-state index is 0.116. The summed E-state index contributed by atoms with van der Waals surface area (Å²) < 4.78 is 0. The van der Waals surface area contributed by atoms with Crippen LogP contribution in [0.1, 0.15) is 48.5 Å². The number of ketones is 1. The number of nitrogens with one attached hydrogen (secondary N) is 1. The summed E-state index contributed by atoms with van der Waals surface area (Å²) in [6.45, 7) is 6.17. The predicted octanol–water partition coefficient (Wildman–Crippen LogP) is 3.35. The number of aryl methyl sites for hydroxylation is 1. The maximum absolute atomic E-state index is 12.8. The number of benzene rings is 1. The van der Waals surface area contributed by atoms with E-state index in [1.807, 2.05) is 24.3 Å². The third-order valence-electron chi connectivity index (χ3n) is 4.08. The highest BCUT2D eigenvalue weighted by atomic mass is 16.1. The molecule has 0 aromatic heterocycles. The highest BCUT2D eigenvalue weighted by molar-refractivity contribution is 6.00. The van der Waals surface area contributed by atoms with E-state index in [1.54, 1.807) is 0 Å². The molecular weight excluding hydrogens is 222 g/mol. The number of hydrogen-bond donors (Lipinski definition) is 1. The van der Waals surface area contributed by atoms with Gasteiger partial charge in [0.1, 0.15) is 0 Å². The average Bonchev–Trinajstić information content (AvgIpc) is 2.40. The van der Waals surface area contributed by atoms with Crippen LogP contribution >= 0.6 is 0 Å². The number of carbonyl (C=O) groups is 1. The van der Waals surface area contributed by atoms with Crippen molar-refractivity contribution in [2.75, 3.05) is 13.1 Å². The van der Waals surface area contributed by atoms with Crippen molar-refractivity contribution in [1.82, 2.24) is 5.32 Å². The van der Waals surface area contributed by atoms with E-state index in [-0.39, 0.29) is 5.41 Å². The molecule has 2 nitrogen and oxygen atoms in total. The molecule has 0 radical (unpaired) electrons. The largest absolute Gasteiger partial charge is 0.317 e. The van der Waals surface area contributed by atoms with Gasteiger partial charge in [-0.25, -0.2) is 0 Å². The van der Waals surface area contributed by atoms with Crippen LogP contribution in [0.2, 0.25) is 0 Å². The second-order valence-corrected chi connectivity index (χ2v) is 5.48. The molecule has 1 aromatic carbocycles. The van der Waals surface area contributed by atoms with Crippen molar-refractivity contribution >= 4 is 5.78 Å². The Balaban J connectivity index is 2.24. The van der Waals surface area contributed by atoms with Crippen molar-refractivity contribution in [3.8, 4) is 0 Å². The molecule has 98 valence electrons. The van der Waals surface area contributed by atoms with Crippen LogP contribution in [0, 0.1) is 12.3 Å². The molecule has 0 spiro atoms. The molecule has 1 N–H and O–H groups in total. The van der Waals surface area contributed by atoms with Gasteiger partial charge in [0.05, 0.1) is 0 Å². The number of carbonyl (C=O) groups excluding carboxylic acids is 1.